The van der Waals surface area contributed by atoms with Crippen molar-refractivity contribution in [2.45, 2.75) is 39.3 Å². The number of thiazole rings is 1. The van der Waals surface area contributed by atoms with E-state index in [4.69, 9.17) is 16.3 Å². The lowest BCUT2D eigenvalue weighted by Crippen LogP contribution is -2.39. The number of para-hydroxylation sites is 1. The number of amides is 2. The number of nitrogens with zero attached hydrogens (tertiary/aromatic N) is 4. The van der Waals surface area contributed by atoms with Gasteiger partial charge in [0.05, 0.1) is 22.9 Å². The fraction of sp³-hybridized carbons (Fsp3) is 0.333. The molecular weight excluding hydrogens is 438 g/mol. The third-order valence-corrected chi connectivity index (χ3v) is 5.84. The Morgan fingerprint density at radius 1 is 1.23 bits per heavy atom. The van der Waals surface area contributed by atoms with Crippen LogP contribution >= 0.6 is 22.9 Å². The van der Waals surface area contributed by atoms with Crippen molar-refractivity contribution in [3.63, 3.8) is 0 Å². The number of fused-ring (bicyclic) bond motifs is 1. The number of nitrogens with one attached hydrogen (secondary N) is 1. The van der Waals surface area contributed by atoms with Gasteiger partial charge in [0, 0.05) is 24.0 Å². The largest absolute Gasteiger partial charge is 0.444 e. The SMILES string of the molecule is CC(C)(C)OC(=O)N1CCc2nc(NC(=O)c3ccn(-c4ccccc4Cl)n3)sc2C1. The van der Waals surface area contributed by atoms with E-state index in [1.165, 1.54) is 11.3 Å². The molecule has 0 aliphatic carbocycles. The monoisotopic (exact) mass is 459 g/mol. The molecule has 1 aliphatic rings. The van der Waals surface area contributed by atoms with Gasteiger partial charge in [-0.15, -0.1) is 0 Å². The number of carbonyl (C=O) groups is 2. The number of anilines is 1. The van der Waals surface area contributed by atoms with E-state index in [2.05, 4.69) is 15.4 Å². The number of hydrogen-bond donors (Lipinski definition) is 1. The van der Waals surface area contributed by atoms with Gasteiger partial charge in [0.25, 0.3) is 5.91 Å². The summed E-state index contributed by atoms with van der Waals surface area (Å²) in [6, 6.07) is 8.89. The zero-order chi connectivity index (χ0) is 22.2. The van der Waals surface area contributed by atoms with Gasteiger partial charge in [-0.3, -0.25) is 10.1 Å². The van der Waals surface area contributed by atoms with Gasteiger partial charge in [-0.05, 0) is 39.0 Å². The van der Waals surface area contributed by atoms with E-state index in [0.717, 1.165) is 10.6 Å². The molecule has 10 heteroatoms. The van der Waals surface area contributed by atoms with Crippen LogP contribution in [0.4, 0.5) is 9.93 Å². The van der Waals surface area contributed by atoms with E-state index in [-0.39, 0.29) is 17.7 Å². The Kier molecular flexibility index (Phi) is 5.72. The van der Waals surface area contributed by atoms with Gasteiger partial charge in [-0.2, -0.15) is 5.10 Å². The minimum Gasteiger partial charge on any atom is -0.444 e. The minimum absolute atomic E-state index is 0.253. The number of halogens is 1. The second kappa shape index (κ2) is 8.32. The molecule has 1 N–H and O–H groups in total. The summed E-state index contributed by atoms with van der Waals surface area (Å²) in [5, 5.41) is 8.14. The highest BCUT2D eigenvalue weighted by Gasteiger charge is 2.28. The van der Waals surface area contributed by atoms with E-state index in [1.54, 1.807) is 27.9 Å². The number of benzene rings is 1. The Labute approximate surface area is 188 Å². The number of carbonyl (C=O) groups excluding carboxylic acids is 2. The molecule has 4 rings (SSSR count). The van der Waals surface area contributed by atoms with Gasteiger partial charge < -0.3 is 9.64 Å². The van der Waals surface area contributed by atoms with Crippen molar-refractivity contribution in [1.82, 2.24) is 19.7 Å². The number of ether oxygens (including phenoxy) is 1. The molecule has 0 spiro atoms. The van der Waals surface area contributed by atoms with Crippen molar-refractivity contribution in [2.24, 2.45) is 0 Å². The maximum Gasteiger partial charge on any atom is 0.410 e. The van der Waals surface area contributed by atoms with Crippen LogP contribution in [0, 0.1) is 0 Å². The molecule has 162 valence electrons. The van der Waals surface area contributed by atoms with Crippen molar-refractivity contribution >= 4 is 40.1 Å². The maximum atomic E-state index is 12.6. The molecule has 0 saturated heterocycles. The Morgan fingerprint density at radius 3 is 2.74 bits per heavy atom. The molecule has 0 fully saturated rings. The van der Waals surface area contributed by atoms with Crippen LogP contribution in [0.2, 0.25) is 5.02 Å². The third-order valence-electron chi connectivity index (χ3n) is 4.52. The molecule has 1 aliphatic heterocycles. The smallest absolute Gasteiger partial charge is 0.410 e. The summed E-state index contributed by atoms with van der Waals surface area (Å²) in [5.41, 5.74) is 1.29. The fourth-order valence-corrected chi connectivity index (χ4v) is 4.35. The van der Waals surface area contributed by atoms with Gasteiger partial charge in [-0.1, -0.05) is 35.1 Å². The average Bonchev–Trinajstić information content (AvgIpc) is 3.33. The van der Waals surface area contributed by atoms with Gasteiger partial charge in [0.1, 0.15) is 5.60 Å². The van der Waals surface area contributed by atoms with Crippen molar-refractivity contribution in [3.8, 4) is 5.69 Å². The topological polar surface area (TPSA) is 89.4 Å². The quantitative estimate of drug-likeness (QED) is 0.621. The molecule has 0 atom stereocenters. The van der Waals surface area contributed by atoms with E-state index in [1.807, 2.05) is 39.0 Å². The maximum absolute atomic E-state index is 12.6. The standard InChI is InChI=1S/C21H22ClN5O3S/c1-21(2,3)30-20(29)26-10-8-14-17(12-26)31-19(23-14)24-18(28)15-9-11-27(25-15)16-7-5-4-6-13(16)22/h4-7,9,11H,8,10,12H2,1-3H3,(H,23,24,28). The van der Waals surface area contributed by atoms with Gasteiger partial charge in [0.2, 0.25) is 0 Å². The Balaban J connectivity index is 1.43. The van der Waals surface area contributed by atoms with Crippen LogP contribution in [0.3, 0.4) is 0 Å². The van der Waals surface area contributed by atoms with Crippen molar-refractivity contribution in [3.05, 3.63) is 57.8 Å². The summed E-state index contributed by atoms with van der Waals surface area (Å²) < 4.78 is 7.01. The highest BCUT2D eigenvalue weighted by molar-refractivity contribution is 7.15. The summed E-state index contributed by atoms with van der Waals surface area (Å²) in [6.45, 7) is 6.47. The number of rotatable bonds is 3. The average molecular weight is 460 g/mol. The predicted molar refractivity (Wildman–Crippen MR) is 119 cm³/mol. The molecule has 0 saturated carbocycles. The molecule has 8 nitrogen and oxygen atoms in total. The van der Waals surface area contributed by atoms with Crippen LogP contribution in [-0.2, 0) is 17.7 Å². The van der Waals surface area contributed by atoms with Crippen molar-refractivity contribution < 1.29 is 14.3 Å². The number of aromatic nitrogens is 3. The second-order valence-electron chi connectivity index (χ2n) is 8.09. The lowest BCUT2D eigenvalue weighted by Gasteiger charge is -2.29. The van der Waals surface area contributed by atoms with Gasteiger partial charge in [-0.25, -0.2) is 14.5 Å². The third kappa shape index (κ3) is 4.88. The van der Waals surface area contributed by atoms with Crippen molar-refractivity contribution in [2.75, 3.05) is 11.9 Å². The summed E-state index contributed by atoms with van der Waals surface area (Å²) in [5.74, 6) is -0.360. The molecule has 0 radical (unpaired) electrons. The first-order chi connectivity index (χ1) is 14.7. The first-order valence-corrected chi connectivity index (χ1v) is 11.0. The van der Waals surface area contributed by atoms with E-state index in [9.17, 15) is 9.59 Å². The van der Waals surface area contributed by atoms with Crippen LogP contribution < -0.4 is 5.32 Å². The predicted octanol–water partition coefficient (Wildman–Crippen LogP) is 4.53. The zero-order valence-electron chi connectivity index (χ0n) is 17.4. The van der Waals surface area contributed by atoms with E-state index >= 15 is 0 Å². The highest BCUT2D eigenvalue weighted by atomic mass is 35.5. The second-order valence-corrected chi connectivity index (χ2v) is 9.58. The first-order valence-electron chi connectivity index (χ1n) is 9.78. The lowest BCUT2D eigenvalue weighted by molar-refractivity contribution is 0.0225. The summed E-state index contributed by atoms with van der Waals surface area (Å²) in [7, 11) is 0. The summed E-state index contributed by atoms with van der Waals surface area (Å²) in [4.78, 5) is 32.1. The number of hydrogen-bond acceptors (Lipinski definition) is 6. The summed E-state index contributed by atoms with van der Waals surface area (Å²) >= 11 is 7.55. The molecular formula is C21H22ClN5O3S. The van der Waals surface area contributed by atoms with Crippen LogP contribution in [-0.4, -0.2) is 43.8 Å². The molecule has 0 bridgehead atoms. The Bertz CT molecular complexity index is 1130. The molecule has 3 aromatic rings. The molecule has 3 heterocycles. The zero-order valence-corrected chi connectivity index (χ0v) is 19.0. The van der Waals surface area contributed by atoms with Gasteiger partial charge >= 0.3 is 6.09 Å². The van der Waals surface area contributed by atoms with Crippen LogP contribution in [0.15, 0.2) is 36.5 Å². The van der Waals surface area contributed by atoms with Crippen LogP contribution in [0.1, 0.15) is 41.8 Å². The minimum atomic E-state index is -0.544. The van der Waals surface area contributed by atoms with Gasteiger partial charge in [0.15, 0.2) is 10.8 Å². The molecule has 31 heavy (non-hydrogen) atoms. The molecule has 0 unspecified atom stereocenters. The lowest BCUT2D eigenvalue weighted by atomic mass is 10.2. The summed E-state index contributed by atoms with van der Waals surface area (Å²) in [6.07, 6.45) is 1.95. The fourth-order valence-electron chi connectivity index (χ4n) is 3.11. The highest BCUT2D eigenvalue weighted by Crippen LogP contribution is 2.29. The molecule has 2 amide bonds. The first kappa shape index (κ1) is 21.3. The van der Waals surface area contributed by atoms with Crippen LogP contribution in [0.5, 0.6) is 0 Å². The Morgan fingerprint density at radius 2 is 2.00 bits per heavy atom. The van der Waals surface area contributed by atoms with E-state index in [0.29, 0.717) is 35.4 Å². The Hall–Kier alpha value is -2.91. The van der Waals surface area contributed by atoms with E-state index < -0.39 is 5.60 Å². The molecule has 1 aromatic carbocycles. The van der Waals surface area contributed by atoms with Crippen LogP contribution in [0.25, 0.3) is 5.69 Å². The molecule has 2 aromatic heterocycles. The normalized spacial score (nSPS) is 13.6. The van der Waals surface area contributed by atoms with Crippen molar-refractivity contribution in [1.29, 1.82) is 0 Å².